The molecule has 0 N–H and O–H groups in total. The quantitative estimate of drug-likeness (QED) is 0.765. The Balaban J connectivity index is 1.85. The van der Waals surface area contributed by atoms with Crippen molar-refractivity contribution in [2.75, 3.05) is 51.2 Å². The van der Waals surface area contributed by atoms with Gasteiger partial charge in [-0.3, -0.25) is 0 Å². The molecular formula is C19H33N3. The van der Waals surface area contributed by atoms with Crippen LogP contribution in [0.2, 0.25) is 0 Å². The molecule has 1 atom stereocenters. The van der Waals surface area contributed by atoms with Gasteiger partial charge in [-0.05, 0) is 37.2 Å². The summed E-state index contributed by atoms with van der Waals surface area (Å²) in [5.41, 5.74) is 2.80. The van der Waals surface area contributed by atoms with Crippen molar-refractivity contribution in [3.05, 3.63) is 29.8 Å². The van der Waals surface area contributed by atoms with Crippen LogP contribution in [0.25, 0.3) is 0 Å². The maximum atomic E-state index is 2.52. The van der Waals surface area contributed by atoms with Gasteiger partial charge in [-0.15, -0.1) is 0 Å². The number of hydrogen-bond donors (Lipinski definition) is 0. The van der Waals surface area contributed by atoms with Crippen molar-refractivity contribution in [2.45, 2.75) is 33.7 Å². The van der Waals surface area contributed by atoms with E-state index >= 15 is 0 Å². The van der Waals surface area contributed by atoms with E-state index in [0.29, 0.717) is 0 Å². The first-order valence-electron chi connectivity index (χ1n) is 8.87. The molecule has 3 heteroatoms. The lowest BCUT2D eigenvalue weighted by molar-refractivity contribution is 0.271. The Bertz CT molecular complexity index is 421. The molecular weight excluding hydrogens is 270 g/mol. The molecule has 1 aliphatic rings. The number of nitrogens with zero attached hydrogens (tertiary/aromatic N) is 3. The molecule has 1 fully saturated rings. The van der Waals surface area contributed by atoms with Gasteiger partial charge in [0, 0.05) is 45.0 Å². The minimum atomic E-state index is 0.777. The number of anilines is 1. The van der Waals surface area contributed by atoms with Gasteiger partial charge >= 0.3 is 0 Å². The lowest BCUT2D eigenvalue weighted by atomic mass is 10.1. The number of piperazine rings is 1. The van der Waals surface area contributed by atoms with Crippen LogP contribution in [0.1, 0.15) is 32.8 Å². The first-order chi connectivity index (χ1) is 10.6. The number of rotatable bonds is 7. The summed E-state index contributed by atoms with van der Waals surface area (Å²) in [6, 6.07) is 9.20. The molecule has 1 aliphatic heterocycles. The van der Waals surface area contributed by atoms with Gasteiger partial charge < -0.3 is 14.7 Å². The van der Waals surface area contributed by atoms with E-state index < -0.39 is 0 Å². The Kier molecular flexibility index (Phi) is 6.71. The molecule has 1 saturated heterocycles. The summed E-state index contributed by atoms with van der Waals surface area (Å²) in [4.78, 5) is 7.47. The molecule has 0 spiro atoms. The van der Waals surface area contributed by atoms with Gasteiger partial charge in [0.15, 0.2) is 0 Å². The largest absolute Gasteiger partial charge is 0.369 e. The van der Waals surface area contributed by atoms with Gasteiger partial charge in [0.05, 0.1) is 0 Å². The average Bonchev–Trinajstić information content (AvgIpc) is 2.55. The summed E-state index contributed by atoms with van der Waals surface area (Å²) in [6.45, 7) is 14.9. The fourth-order valence-corrected chi connectivity index (χ4v) is 3.17. The molecule has 0 amide bonds. The highest BCUT2D eigenvalue weighted by Crippen LogP contribution is 2.18. The highest BCUT2D eigenvalue weighted by atomic mass is 15.3. The molecule has 1 aromatic rings. The molecule has 22 heavy (non-hydrogen) atoms. The second-order valence-corrected chi connectivity index (χ2v) is 6.80. The molecule has 1 aromatic carbocycles. The van der Waals surface area contributed by atoms with Crippen LogP contribution in [-0.4, -0.2) is 56.1 Å². The van der Waals surface area contributed by atoms with Gasteiger partial charge in [0.25, 0.3) is 0 Å². The number of likely N-dealkylation sites (N-methyl/N-ethyl adjacent to an activating group) is 1. The Morgan fingerprint density at radius 1 is 1.05 bits per heavy atom. The molecule has 1 heterocycles. The SMILES string of the molecule is CCC(C)CN(C)Cc1ccc(N2CCN(CC)CC2)cc1. The summed E-state index contributed by atoms with van der Waals surface area (Å²) in [5, 5.41) is 0. The van der Waals surface area contributed by atoms with Crippen molar-refractivity contribution < 1.29 is 0 Å². The fourth-order valence-electron chi connectivity index (χ4n) is 3.17. The summed E-state index contributed by atoms with van der Waals surface area (Å²) >= 11 is 0. The van der Waals surface area contributed by atoms with Crippen LogP contribution < -0.4 is 4.90 Å². The fraction of sp³-hybridized carbons (Fsp3) is 0.684. The van der Waals surface area contributed by atoms with Crippen molar-refractivity contribution in [3.63, 3.8) is 0 Å². The zero-order valence-corrected chi connectivity index (χ0v) is 14.9. The smallest absolute Gasteiger partial charge is 0.0367 e. The highest BCUT2D eigenvalue weighted by molar-refractivity contribution is 5.48. The van der Waals surface area contributed by atoms with Crippen LogP contribution in [0.4, 0.5) is 5.69 Å². The van der Waals surface area contributed by atoms with E-state index in [1.54, 1.807) is 0 Å². The van der Waals surface area contributed by atoms with Crippen LogP contribution in [-0.2, 0) is 6.54 Å². The summed E-state index contributed by atoms with van der Waals surface area (Å²) in [5.74, 6) is 0.777. The predicted molar refractivity (Wildman–Crippen MR) is 96.6 cm³/mol. The lowest BCUT2D eigenvalue weighted by Crippen LogP contribution is -2.46. The van der Waals surface area contributed by atoms with Crippen molar-refractivity contribution in [3.8, 4) is 0 Å². The van der Waals surface area contributed by atoms with E-state index in [-0.39, 0.29) is 0 Å². The van der Waals surface area contributed by atoms with E-state index in [1.807, 2.05) is 0 Å². The van der Waals surface area contributed by atoms with E-state index in [9.17, 15) is 0 Å². The van der Waals surface area contributed by atoms with Gasteiger partial charge in [0.1, 0.15) is 0 Å². The summed E-state index contributed by atoms with van der Waals surface area (Å²) < 4.78 is 0. The Morgan fingerprint density at radius 2 is 1.68 bits per heavy atom. The minimum absolute atomic E-state index is 0.777. The first kappa shape index (κ1) is 17.3. The average molecular weight is 303 g/mol. The van der Waals surface area contributed by atoms with E-state index in [1.165, 1.54) is 43.9 Å². The monoisotopic (exact) mass is 303 g/mol. The van der Waals surface area contributed by atoms with E-state index in [2.05, 4.69) is 66.8 Å². The normalized spacial score (nSPS) is 18.0. The Hall–Kier alpha value is -1.06. The highest BCUT2D eigenvalue weighted by Gasteiger charge is 2.15. The van der Waals surface area contributed by atoms with Gasteiger partial charge in [-0.2, -0.15) is 0 Å². The maximum absolute atomic E-state index is 2.52. The van der Waals surface area contributed by atoms with Gasteiger partial charge in [0.2, 0.25) is 0 Å². The molecule has 0 saturated carbocycles. The Morgan fingerprint density at radius 3 is 2.23 bits per heavy atom. The molecule has 0 radical (unpaired) electrons. The molecule has 0 aromatic heterocycles. The third-order valence-corrected chi connectivity index (χ3v) is 4.89. The molecule has 1 unspecified atom stereocenters. The van der Waals surface area contributed by atoms with Crippen LogP contribution in [0.5, 0.6) is 0 Å². The minimum Gasteiger partial charge on any atom is -0.369 e. The van der Waals surface area contributed by atoms with Crippen LogP contribution in [0.3, 0.4) is 0 Å². The number of hydrogen-bond acceptors (Lipinski definition) is 3. The molecule has 0 bridgehead atoms. The van der Waals surface area contributed by atoms with E-state index in [4.69, 9.17) is 0 Å². The van der Waals surface area contributed by atoms with Crippen molar-refractivity contribution in [1.82, 2.24) is 9.80 Å². The summed E-state index contributed by atoms with van der Waals surface area (Å²) in [7, 11) is 2.23. The Labute approximate surface area is 136 Å². The van der Waals surface area contributed by atoms with Gasteiger partial charge in [-0.1, -0.05) is 39.3 Å². The van der Waals surface area contributed by atoms with Crippen molar-refractivity contribution in [2.24, 2.45) is 5.92 Å². The van der Waals surface area contributed by atoms with Gasteiger partial charge in [-0.25, -0.2) is 0 Å². The molecule has 3 nitrogen and oxygen atoms in total. The summed E-state index contributed by atoms with van der Waals surface area (Å²) in [6.07, 6.45) is 1.26. The number of benzene rings is 1. The predicted octanol–water partition coefficient (Wildman–Crippen LogP) is 3.31. The van der Waals surface area contributed by atoms with Crippen LogP contribution in [0, 0.1) is 5.92 Å². The zero-order valence-electron chi connectivity index (χ0n) is 14.9. The standard InChI is InChI=1S/C19H33N3/c1-5-17(3)15-20(4)16-18-7-9-19(10-8-18)22-13-11-21(6-2)12-14-22/h7-10,17H,5-6,11-16H2,1-4H3. The third-order valence-electron chi connectivity index (χ3n) is 4.89. The van der Waals surface area contributed by atoms with Crippen LogP contribution >= 0.6 is 0 Å². The zero-order chi connectivity index (χ0) is 15.9. The maximum Gasteiger partial charge on any atom is 0.0367 e. The second-order valence-electron chi connectivity index (χ2n) is 6.80. The first-order valence-corrected chi connectivity index (χ1v) is 8.87. The third kappa shape index (κ3) is 4.99. The topological polar surface area (TPSA) is 9.72 Å². The lowest BCUT2D eigenvalue weighted by Gasteiger charge is -2.35. The van der Waals surface area contributed by atoms with Crippen molar-refractivity contribution >= 4 is 5.69 Å². The van der Waals surface area contributed by atoms with Crippen LogP contribution in [0.15, 0.2) is 24.3 Å². The molecule has 0 aliphatic carbocycles. The molecule has 124 valence electrons. The van der Waals surface area contributed by atoms with E-state index in [0.717, 1.165) is 25.6 Å². The second kappa shape index (κ2) is 8.54. The molecule has 2 rings (SSSR count). The van der Waals surface area contributed by atoms with Crippen molar-refractivity contribution in [1.29, 1.82) is 0 Å².